The van der Waals surface area contributed by atoms with E-state index in [-0.39, 0.29) is 5.97 Å². The van der Waals surface area contributed by atoms with Gasteiger partial charge in [-0.3, -0.25) is 4.79 Å². The van der Waals surface area contributed by atoms with Crippen molar-refractivity contribution in [3.8, 4) is 0 Å². The number of ether oxygens (including phenoxy) is 1. The molecule has 1 aliphatic rings. The number of hydrogen-bond donors (Lipinski definition) is 0. The van der Waals surface area contributed by atoms with Crippen molar-refractivity contribution in [2.75, 3.05) is 0 Å². The van der Waals surface area contributed by atoms with Crippen LogP contribution in [0.25, 0.3) is 0 Å². The van der Waals surface area contributed by atoms with Crippen molar-refractivity contribution < 1.29 is 9.53 Å². The topological polar surface area (TPSA) is 26.3 Å². The van der Waals surface area contributed by atoms with E-state index < -0.39 is 5.60 Å². The minimum atomic E-state index is -0.464. The molecule has 1 aromatic rings. The van der Waals surface area contributed by atoms with Gasteiger partial charge >= 0.3 is 5.97 Å². The van der Waals surface area contributed by atoms with Gasteiger partial charge in [0.25, 0.3) is 0 Å². The lowest BCUT2D eigenvalue weighted by atomic mass is 9.74. The molecule has 0 bridgehead atoms. The van der Waals surface area contributed by atoms with Gasteiger partial charge in [-0.2, -0.15) is 0 Å². The second-order valence-corrected chi connectivity index (χ2v) is 6.03. The van der Waals surface area contributed by atoms with Crippen LogP contribution in [0.15, 0.2) is 30.3 Å². The SMILES string of the molecule is CCCC(=O)OC(C)(c1ccccc1)C1CCCCC1. The van der Waals surface area contributed by atoms with E-state index in [1.165, 1.54) is 19.3 Å². The van der Waals surface area contributed by atoms with E-state index in [2.05, 4.69) is 19.1 Å². The van der Waals surface area contributed by atoms with Crippen LogP contribution in [0, 0.1) is 5.92 Å². The van der Waals surface area contributed by atoms with Crippen molar-refractivity contribution in [2.24, 2.45) is 5.92 Å². The number of hydrogen-bond acceptors (Lipinski definition) is 2. The zero-order chi connectivity index (χ0) is 14.4. The summed E-state index contributed by atoms with van der Waals surface area (Å²) in [4.78, 5) is 12.1. The monoisotopic (exact) mass is 274 g/mol. The van der Waals surface area contributed by atoms with Crippen LogP contribution in [0.3, 0.4) is 0 Å². The zero-order valence-corrected chi connectivity index (χ0v) is 12.7. The maximum Gasteiger partial charge on any atom is 0.306 e. The molecule has 1 aromatic carbocycles. The Balaban J connectivity index is 2.24. The van der Waals surface area contributed by atoms with Crippen LogP contribution in [0.1, 0.15) is 64.4 Å². The predicted molar refractivity (Wildman–Crippen MR) is 81.4 cm³/mol. The van der Waals surface area contributed by atoms with Crippen LogP contribution in [0.5, 0.6) is 0 Å². The molecule has 0 heterocycles. The highest BCUT2D eigenvalue weighted by Crippen LogP contribution is 2.42. The molecule has 0 radical (unpaired) electrons. The fourth-order valence-corrected chi connectivity index (χ4v) is 3.29. The quantitative estimate of drug-likeness (QED) is 0.719. The first-order valence-corrected chi connectivity index (χ1v) is 7.94. The molecule has 1 aliphatic carbocycles. The third-order valence-electron chi connectivity index (χ3n) is 4.51. The fourth-order valence-electron chi connectivity index (χ4n) is 3.29. The molecular formula is C18H26O2. The van der Waals surface area contributed by atoms with Crippen molar-refractivity contribution >= 4 is 5.97 Å². The van der Waals surface area contributed by atoms with E-state index in [1.54, 1.807) is 0 Å². The summed E-state index contributed by atoms with van der Waals surface area (Å²) >= 11 is 0. The molecule has 0 amide bonds. The van der Waals surface area contributed by atoms with Gasteiger partial charge in [0, 0.05) is 12.3 Å². The third kappa shape index (κ3) is 3.41. The molecule has 20 heavy (non-hydrogen) atoms. The lowest BCUT2D eigenvalue weighted by Crippen LogP contribution is -2.38. The average molecular weight is 274 g/mol. The van der Waals surface area contributed by atoms with E-state index in [0.29, 0.717) is 12.3 Å². The summed E-state index contributed by atoms with van der Waals surface area (Å²) < 4.78 is 5.96. The number of esters is 1. The first-order chi connectivity index (χ1) is 9.66. The highest BCUT2D eigenvalue weighted by atomic mass is 16.6. The normalized spacial score (nSPS) is 19.3. The molecule has 0 aromatic heterocycles. The van der Waals surface area contributed by atoms with E-state index in [4.69, 9.17) is 4.74 Å². The lowest BCUT2D eigenvalue weighted by Gasteiger charge is -2.39. The van der Waals surface area contributed by atoms with Crippen molar-refractivity contribution in [1.29, 1.82) is 0 Å². The highest BCUT2D eigenvalue weighted by molar-refractivity contribution is 5.70. The van der Waals surface area contributed by atoms with Crippen LogP contribution in [0.4, 0.5) is 0 Å². The second kappa shape index (κ2) is 6.92. The second-order valence-electron chi connectivity index (χ2n) is 6.03. The standard InChI is InChI=1S/C18H26O2/c1-3-10-17(19)20-18(2,15-11-6-4-7-12-15)16-13-8-5-9-14-16/h4,6-7,11-12,16H,3,5,8-10,13-14H2,1-2H3. The third-order valence-corrected chi connectivity index (χ3v) is 4.51. The molecule has 110 valence electrons. The fraction of sp³-hybridized carbons (Fsp3) is 0.611. The molecule has 1 atom stereocenters. The summed E-state index contributed by atoms with van der Waals surface area (Å²) in [6, 6.07) is 10.3. The van der Waals surface area contributed by atoms with Gasteiger partial charge in [0.1, 0.15) is 5.60 Å². The van der Waals surface area contributed by atoms with Gasteiger partial charge in [0.2, 0.25) is 0 Å². The molecular weight excluding hydrogens is 248 g/mol. The van der Waals surface area contributed by atoms with Gasteiger partial charge in [-0.1, -0.05) is 56.5 Å². The molecule has 0 aliphatic heterocycles. The Morgan fingerprint density at radius 3 is 2.45 bits per heavy atom. The number of rotatable bonds is 5. The molecule has 1 unspecified atom stereocenters. The van der Waals surface area contributed by atoms with Gasteiger partial charge in [-0.15, -0.1) is 0 Å². The summed E-state index contributed by atoms with van der Waals surface area (Å²) in [6.45, 7) is 4.12. The summed E-state index contributed by atoms with van der Waals surface area (Å²) in [5.74, 6) is 0.379. The Labute approximate surface area is 122 Å². The van der Waals surface area contributed by atoms with Gasteiger partial charge in [-0.25, -0.2) is 0 Å². The van der Waals surface area contributed by atoms with Crippen molar-refractivity contribution in [3.05, 3.63) is 35.9 Å². The smallest absolute Gasteiger partial charge is 0.306 e. The molecule has 0 saturated heterocycles. The molecule has 1 fully saturated rings. The zero-order valence-electron chi connectivity index (χ0n) is 12.7. The Morgan fingerprint density at radius 1 is 1.20 bits per heavy atom. The van der Waals surface area contributed by atoms with Gasteiger partial charge in [0.05, 0.1) is 0 Å². The van der Waals surface area contributed by atoms with Gasteiger partial charge < -0.3 is 4.74 Å². The number of carbonyl (C=O) groups is 1. The van der Waals surface area contributed by atoms with Crippen LogP contribution in [0.2, 0.25) is 0 Å². The minimum absolute atomic E-state index is 0.0653. The predicted octanol–water partition coefficient (Wildman–Crippen LogP) is 4.83. The summed E-state index contributed by atoms with van der Waals surface area (Å²) in [6.07, 6.45) is 7.47. The molecule has 2 nitrogen and oxygen atoms in total. The molecule has 0 spiro atoms. The van der Waals surface area contributed by atoms with Crippen molar-refractivity contribution in [3.63, 3.8) is 0 Å². The Hall–Kier alpha value is -1.31. The number of benzene rings is 1. The first kappa shape index (κ1) is 15.1. The largest absolute Gasteiger partial charge is 0.454 e. The Bertz CT molecular complexity index is 420. The lowest BCUT2D eigenvalue weighted by molar-refractivity contribution is -0.167. The number of carbonyl (C=O) groups excluding carboxylic acids is 1. The Morgan fingerprint density at radius 2 is 1.85 bits per heavy atom. The summed E-state index contributed by atoms with van der Waals surface area (Å²) in [7, 11) is 0. The molecule has 2 heteroatoms. The van der Waals surface area contributed by atoms with Crippen LogP contribution in [-0.4, -0.2) is 5.97 Å². The maximum absolute atomic E-state index is 12.1. The molecule has 1 saturated carbocycles. The van der Waals surface area contributed by atoms with Gasteiger partial charge in [-0.05, 0) is 31.7 Å². The average Bonchev–Trinajstić information content (AvgIpc) is 2.49. The van der Waals surface area contributed by atoms with E-state index in [1.807, 2.05) is 25.1 Å². The summed E-state index contributed by atoms with van der Waals surface area (Å²) in [5.41, 5.74) is 0.671. The van der Waals surface area contributed by atoms with Crippen molar-refractivity contribution in [2.45, 2.75) is 64.4 Å². The minimum Gasteiger partial charge on any atom is -0.454 e. The molecule has 2 rings (SSSR count). The maximum atomic E-state index is 12.1. The van der Waals surface area contributed by atoms with E-state index in [0.717, 1.165) is 24.8 Å². The van der Waals surface area contributed by atoms with Crippen molar-refractivity contribution in [1.82, 2.24) is 0 Å². The van der Waals surface area contributed by atoms with Crippen LogP contribution >= 0.6 is 0 Å². The summed E-state index contributed by atoms with van der Waals surface area (Å²) in [5, 5.41) is 0. The van der Waals surface area contributed by atoms with E-state index >= 15 is 0 Å². The highest BCUT2D eigenvalue weighted by Gasteiger charge is 2.39. The first-order valence-electron chi connectivity index (χ1n) is 7.94. The molecule has 0 N–H and O–H groups in total. The van der Waals surface area contributed by atoms with Crippen LogP contribution < -0.4 is 0 Å². The van der Waals surface area contributed by atoms with E-state index in [9.17, 15) is 4.79 Å². The van der Waals surface area contributed by atoms with Crippen LogP contribution in [-0.2, 0) is 15.1 Å². The Kier molecular flexibility index (Phi) is 5.22. The van der Waals surface area contributed by atoms with Gasteiger partial charge in [0.15, 0.2) is 0 Å².